The molecule has 1 aromatic rings. The Labute approximate surface area is 168 Å². The number of carbonyl (C=O) groups excluding carboxylic acids is 2. The minimum atomic E-state index is -0.231. The second-order valence-corrected chi connectivity index (χ2v) is 8.29. The van der Waals surface area contributed by atoms with Gasteiger partial charge in [0.05, 0.1) is 5.92 Å². The summed E-state index contributed by atoms with van der Waals surface area (Å²) in [5.41, 5.74) is 3.34. The lowest BCUT2D eigenvalue weighted by Gasteiger charge is -2.41. The van der Waals surface area contributed by atoms with E-state index in [1.54, 1.807) is 0 Å². The summed E-state index contributed by atoms with van der Waals surface area (Å²) in [4.78, 5) is 26.1. The molecule has 1 N–H and O–H groups in total. The van der Waals surface area contributed by atoms with Gasteiger partial charge in [0.1, 0.15) is 0 Å². The molecule has 0 aromatic heterocycles. The van der Waals surface area contributed by atoms with Crippen molar-refractivity contribution in [1.82, 2.24) is 10.2 Å². The maximum atomic E-state index is 12.1. The first kappa shape index (κ1) is 20.5. The SMILES string of the molecule is C=C(CC(C)(CC)N1CCC=CCC1)c1ccc(C2CCC(=O)NC2=O)cc1. The average Bonchev–Trinajstić information content (AvgIpc) is 2.98. The largest absolute Gasteiger partial charge is 0.297 e. The Morgan fingerprint density at radius 3 is 2.39 bits per heavy atom. The first-order chi connectivity index (χ1) is 13.4. The van der Waals surface area contributed by atoms with E-state index in [2.05, 4.69) is 54.9 Å². The second-order valence-electron chi connectivity index (χ2n) is 8.29. The number of benzene rings is 1. The monoisotopic (exact) mass is 380 g/mol. The smallest absolute Gasteiger partial charge is 0.234 e. The highest BCUT2D eigenvalue weighted by Crippen LogP contribution is 2.33. The van der Waals surface area contributed by atoms with Crippen LogP contribution in [0.4, 0.5) is 0 Å². The van der Waals surface area contributed by atoms with Gasteiger partial charge >= 0.3 is 0 Å². The van der Waals surface area contributed by atoms with Crippen molar-refractivity contribution in [2.75, 3.05) is 13.1 Å². The van der Waals surface area contributed by atoms with Gasteiger partial charge in [-0.1, -0.05) is 49.9 Å². The molecule has 0 saturated carbocycles. The quantitative estimate of drug-likeness (QED) is 0.587. The third-order valence-corrected chi connectivity index (χ3v) is 6.38. The fraction of sp³-hybridized carbons (Fsp3) is 0.500. The maximum absolute atomic E-state index is 12.1. The summed E-state index contributed by atoms with van der Waals surface area (Å²) in [5, 5.41) is 2.44. The molecule has 0 radical (unpaired) electrons. The van der Waals surface area contributed by atoms with Crippen LogP contribution in [0, 0.1) is 0 Å². The van der Waals surface area contributed by atoms with E-state index in [9.17, 15) is 9.59 Å². The molecular formula is C24H32N2O2. The first-order valence-electron chi connectivity index (χ1n) is 10.4. The summed E-state index contributed by atoms with van der Waals surface area (Å²) in [6.45, 7) is 11.2. The van der Waals surface area contributed by atoms with Crippen LogP contribution in [0.1, 0.15) is 69.4 Å². The van der Waals surface area contributed by atoms with E-state index in [1.165, 1.54) is 0 Å². The molecule has 28 heavy (non-hydrogen) atoms. The molecule has 1 saturated heterocycles. The summed E-state index contributed by atoms with van der Waals surface area (Å²) in [5.74, 6) is -0.588. The van der Waals surface area contributed by atoms with Crippen LogP contribution in [0.3, 0.4) is 0 Å². The Morgan fingerprint density at radius 1 is 1.18 bits per heavy atom. The zero-order chi connectivity index (χ0) is 20.1. The van der Waals surface area contributed by atoms with Gasteiger partial charge in [-0.2, -0.15) is 0 Å². The molecule has 4 nitrogen and oxygen atoms in total. The van der Waals surface area contributed by atoms with Crippen LogP contribution in [0.2, 0.25) is 0 Å². The minimum absolute atomic E-state index is 0.103. The second kappa shape index (κ2) is 8.87. The van der Waals surface area contributed by atoms with Crippen molar-refractivity contribution >= 4 is 17.4 Å². The molecule has 2 aliphatic heterocycles. The van der Waals surface area contributed by atoms with E-state index in [-0.39, 0.29) is 23.3 Å². The molecule has 1 aromatic carbocycles. The van der Waals surface area contributed by atoms with Gasteiger partial charge in [0.25, 0.3) is 0 Å². The number of amides is 2. The molecule has 4 heteroatoms. The summed E-state index contributed by atoms with van der Waals surface area (Å²) in [7, 11) is 0. The number of rotatable bonds is 6. The first-order valence-corrected chi connectivity index (χ1v) is 10.4. The Bertz CT molecular complexity index is 755. The molecule has 150 valence electrons. The van der Waals surface area contributed by atoms with Crippen molar-refractivity contribution in [2.24, 2.45) is 0 Å². The number of nitrogens with zero attached hydrogens (tertiary/aromatic N) is 1. The highest BCUT2D eigenvalue weighted by atomic mass is 16.2. The molecular weight excluding hydrogens is 348 g/mol. The predicted octanol–water partition coefficient (Wildman–Crippen LogP) is 4.43. The van der Waals surface area contributed by atoms with Gasteiger partial charge in [-0.15, -0.1) is 0 Å². The van der Waals surface area contributed by atoms with E-state index in [0.717, 1.165) is 55.5 Å². The molecule has 3 rings (SSSR count). The van der Waals surface area contributed by atoms with Gasteiger partial charge in [-0.25, -0.2) is 0 Å². The number of piperidine rings is 1. The minimum Gasteiger partial charge on any atom is -0.297 e. The van der Waals surface area contributed by atoms with Crippen molar-refractivity contribution in [3.05, 3.63) is 54.1 Å². The van der Waals surface area contributed by atoms with Gasteiger partial charge in [0, 0.05) is 25.0 Å². The van der Waals surface area contributed by atoms with Crippen molar-refractivity contribution < 1.29 is 9.59 Å². The van der Waals surface area contributed by atoms with Gasteiger partial charge in [-0.05, 0) is 55.7 Å². The molecule has 2 amide bonds. The van der Waals surface area contributed by atoms with E-state index in [1.807, 2.05) is 12.1 Å². The molecule has 2 heterocycles. The number of nitrogens with one attached hydrogen (secondary N) is 1. The Morgan fingerprint density at radius 2 is 1.82 bits per heavy atom. The maximum Gasteiger partial charge on any atom is 0.234 e. The van der Waals surface area contributed by atoms with Gasteiger partial charge in [0.15, 0.2) is 0 Å². The Hall–Kier alpha value is -2.20. The standard InChI is InChI=1S/C24H32N2O2/c1-4-24(3,26-15-7-5-6-8-16-26)17-18(2)19-9-11-20(12-10-19)21-13-14-22(27)25-23(21)28/h5-6,9-12,21H,2,4,7-8,13-17H2,1,3H3,(H,25,27,28). The van der Waals surface area contributed by atoms with E-state index < -0.39 is 0 Å². The molecule has 1 fully saturated rings. The van der Waals surface area contributed by atoms with Gasteiger partial charge in [-0.3, -0.25) is 19.8 Å². The van der Waals surface area contributed by atoms with Crippen molar-refractivity contribution in [2.45, 2.75) is 63.8 Å². The van der Waals surface area contributed by atoms with Crippen molar-refractivity contribution in [3.63, 3.8) is 0 Å². The Kier molecular flexibility index (Phi) is 6.50. The summed E-state index contributed by atoms with van der Waals surface area (Å²) in [6.07, 6.45) is 9.82. The average molecular weight is 381 g/mol. The van der Waals surface area contributed by atoms with Crippen molar-refractivity contribution in [3.8, 4) is 0 Å². The lowest BCUT2D eigenvalue weighted by Crippen LogP contribution is -2.46. The van der Waals surface area contributed by atoms with Gasteiger partial charge < -0.3 is 0 Å². The fourth-order valence-electron chi connectivity index (χ4n) is 4.33. The van der Waals surface area contributed by atoms with E-state index in [0.29, 0.717) is 12.8 Å². The van der Waals surface area contributed by atoms with Crippen LogP contribution in [0.5, 0.6) is 0 Å². The van der Waals surface area contributed by atoms with Crippen LogP contribution >= 0.6 is 0 Å². The third kappa shape index (κ3) is 4.61. The number of hydrogen-bond donors (Lipinski definition) is 1. The topological polar surface area (TPSA) is 49.4 Å². The molecule has 0 bridgehead atoms. The van der Waals surface area contributed by atoms with E-state index in [4.69, 9.17) is 0 Å². The van der Waals surface area contributed by atoms with Crippen LogP contribution in [-0.4, -0.2) is 35.3 Å². The number of carbonyl (C=O) groups is 2. The fourth-order valence-corrected chi connectivity index (χ4v) is 4.33. The third-order valence-electron chi connectivity index (χ3n) is 6.38. The number of hydrogen-bond acceptors (Lipinski definition) is 3. The molecule has 2 atom stereocenters. The molecule has 2 aliphatic rings. The highest BCUT2D eigenvalue weighted by molar-refractivity contribution is 6.00. The zero-order valence-electron chi connectivity index (χ0n) is 17.2. The van der Waals surface area contributed by atoms with Crippen LogP contribution < -0.4 is 5.32 Å². The molecule has 0 spiro atoms. The van der Waals surface area contributed by atoms with Crippen LogP contribution in [0.15, 0.2) is 43.0 Å². The van der Waals surface area contributed by atoms with E-state index >= 15 is 0 Å². The Balaban J connectivity index is 1.68. The summed E-state index contributed by atoms with van der Waals surface area (Å²) in [6, 6.07) is 8.17. The van der Waals surface area contributed by atoms with Crippen LogP contribution in [-0.2, 0) is 9.59 Å². The van der Waals surface area contributed by atoms with Crippen molar-refractivity contribution in [1.29, 1.82) is 0 Å². The summed E-state index contributed by atoms with van der Waals surface area (Å²) < 4.78 is 0. The normalized spacial score (nSPS) is 23.0. The predicted molar refractivity (Wildman–Crippen MR) is 114 cm³/mol. The van der Waals surface area contributed by atoms with Gasteiger partial charge in [0.2, 0.25) is 11.8 Å². The molecule has 2 unspecified atom stereocenters. The zero-order valence-corrected chi connectivity index (χ0v) is 17.2. The number of imide groups is 1. The lowest BCUT2D eigenvalue weighted by molar-refractivity contribution is -0.134. The highest BCUT2D eigenvalue weighted by Gasteiger charge is 2.31. The lowest BCUT2D eigenvalue weighted by atomic mass is 9.84. The summed E-state index contributed by atoms with van der Waals surface area (Å²) >= 11 is 0. The van der Waals surface area contributed by atoms with Crippen LogP contribution in [0.25, 0.3) is 5.57 Å². The molecule has 0 aliphatic carbocycles.